The number of nitrogens with one attached hydrogen (secondary N) is 1. The predicted molar refractivity (Wildman–Crippen MR) is 141 cm³/mol. The Balaban J connectivity index is 1.45. The number of anilines is 3. The van der Waals surface area contributed by atoms with E-state index in [4.69, 9.17) is 19.4 Å². The normalized spacial score (nSPS) is 13.5. The van der Waals surface area contributed by atoms with Crippen molar-refractivity contribution in [2.75, 3.05) is 62.1 Å². The smallest absolute Gasteiger partial charge is 0.341 e. The molecule has 0 atom stereocenters. The van der Waals surface area contributed by atoms with Gasteiger partial charge in [0.2, 0.25) is 11.9 Å². The van der Waals surface area contributed by atoms with E-state index in [0.29, 0.717) is 49.6 Å². The Kier molecular flexibility index (Phi) is 7.32. The molecule has 0 saturated carbocycles. The molecule has 4 aromatic heterocycles. The molecule has 1 saturated heterocycles. The third kappa shape index (κ3) is 5.42. The van der Waals surface area contributed by atoms with E-state index < -0.39 is 5.97 Å². The number of rotatable bonds is 8. The van der Waals surface area contributed by atoms with Gasteiger partial charge in [-0.05, 0) is 13.0 Å². The number of fused-ring (bicyclic) bond motifs is 1. The number of hydrogen-bond donors (Lipinski definition) is 1. The Morgan fingerprint density at radius 3 is 2.54 bits per heavy atom. The molecule has 5 heterocycles. The van der Waals surface area contributed by atoms with Gasteiger partial charge in [-0.1, -0.05) is 0 Å². The molecule has 0 bridgehead atoms. The lowest BCUT2D eigenvalue weighted by Crippen LogP contribution is -2.36. The fourth-order valence-corrected chi connectivity index (χ4v) is 5.04. The lowest BCUT2D eigenvalue weighted by molar-refractivity contribution is 0.0525. The van der Waals surface area contributed by atoms with E-state index >= 15 is 0 Å². The molecule has 0 radical (unpaired) electrons. The SMILES string of the molecule is CCOC(=O)c1cnc(N(C)Cc2cc3nc(-c4cnc(NC)nc4)nc(N4CCOCC4)c3s2)nc1. The monoisotopic (exact) mass is 521 g/mol. The van der Waals surface area contributed by atoms with Crippen molar-refractivity contribution in [2.45, 2.75) is 13.5 Å². The summed E-state index contributed by atoms with van der Waals surface area (Å²) in [6.07, 6.45) is 6.41. The van der Waals surface area contributed by atoms with E-state index in [1.54, 1.807) is 37.7 Å². The highest BCUT2D eigenvalue weighted by molar-refractivity contribution is 7.19. The summed E-state index contributed by atoms with van der Waals surface area (Å²) in [5.41, 5.74) is 1.93. The Hall–Kier alpha value is -3.97. The number of hydrogen-bond acceptors (Lipinski definition) is 13. The number of carbonyl (C=O) groups excluding carboxylic acids is 1. The Morgan fingerprint density at radius 1 is 1.14 bits per heavy atom. The van der Waals surface area contributed by atoms with Crippen LogP contribution in [0.3, 0.4) is 0 Å². The number of thiophene rings is 1. The van der Waals surface area contributed by atoms with E-state index in [9.17, 15) is 4.79 Å². The molecule has 1 N–H and O–H groups in total. The van der Waals surface area contributed by atoms with Gasteiger partial charge in [0.25, 0.3) is 0 Å². The lowest BCUT2D eigenvalue weighted by Gasteiger charge is -2.28. The molecule has 192 valence electrons. The molecule has 12 nitrogen and oxygen atoms in total. The maximum absolute atomic E-state index is 11.9. The zero-order valence-electron chi connectivity index (χ0n) is 20.8. The molecule has 0 unspecified atom stereocenters. The third-order valence-electron chi connectivity index (χ3n) is 5.73. The lowest BCUT2D eigenvalue weighted by atomic mass is 10.3. The van der Waals surface area contributed by atoms with Gasteiger partial charge >= 0.3 is 5.97 Å². The van der Waals surface area contributed by atoms with Crippen LogP contribution in [0.4, 0.5) is 17.7 Å². The van der Waals surface area contributed by atoms with Gasteiger partial charge in [-0.3, -0.25) is 0 Å². The molecular formula is C24H27N9O3S. The van der Waals surface area contributed by atoms with Crippen LogP contribution in [-0.2, 0) is 16.0 Å². The average molecular weight is 522 g/mol. The minimum Gasteiger partial charge on any atom is -0.462 e. The van der Waals surface area contributed by atoms with Crippen molar-refractivity contribution in [3.63, 3.8) is 0 Å². The quantitative estimate of drug-likeness (QED) is 0.342. The molecule has 5 rings (SSSR count). The van der Waals surface area contributed by atoms with Gasteiger partial charge in [0.15, 0.2) is 11.6 Å². The molecule has 1 aliphatic rings. The van der Waals surface area contributed by atoms with Crippen LogP contribution >= 0.6 is 11.3 Å². The molecule has 37 heavy (non-hydrogen) atoms. The summed E-state index contributed by atoms with van der Waals surface area (Å²) < 4.78 is 11.6. The van der Waals surface area contributed by atoms with Crippen LogP contribution in [0.25, 0.3) is 21.6 Å². The van der Waals surface area contributed by atoms with Crippen molar-refractivity contribution >= 4 is 45.2 Å². The van der Waals surface area contributed by atoms with Gasteiger partial charge in [0.05, 0.1) is 47.7 Å². The predicted octanol–water partition coefficient (Wildman–Crippen LogP) is 2.63. The summed E-state index contributed by atoms with van der Waals surface area (Å²) in [7, 11) is 3.68. The van der Waals surface area contributed by atoms with Crippen LogP contribution < -0.4 is 15.1 Å². The van der Waals surface area contributed by atoms with Gasteiger partial charge in [0, 0.05) is 56.8 Å². The summed E-state index contributed by atoms with van der Waals surface area (Å²) in [5.74, 6) is 2.07. The second-order valence-corrected chi connectivity index (χ2v) is 9.43. The second-order valence-electron chi connectivity index (χ2n) is 8.29. The maximum atomic E-state index is 11.9. The minimum absolute atomic E-state index is 0.303. The standard InChI is InChI=1S/C24H27N9O3S/c1-4-36-22(34)16-12-28-24(29-13-16)32(3)14-17-9-18-19(37-17)21(33-5-7-35-8-6-33)31-20(30-18)15-10-26-23(25-2)27-11-15/h9-13H,4-8,14H2,1-3H3,(H,25,26,27). The molecule has 0 aromatic carbocycles. The number of carbonyl (C=O) groups is 1. The zero-order chi connectivity index (χ0) is 25.8. The number of aromatic nitrogens is 6. The first-order valence-electron chi connectivity index (χ1n) is 11.9. The molecular weight excluding hydrogens is 494 g/mol. The van der Waals surface area contributed by atoms with E-state index in [0.717, 1.165) is 39.6 Å². The van der Waals surface area contributed by atoms with Crippen LogP contribution in [-0.4, -0.2) is 82.9 Å². The molecule has 4 aromatic rings. The number of nitrogens with zero attached hydrogens (tertiary/aromatic N) is 8. The molecule has 0 spiro atoms. The maximum Gasteiger partial charge on any atom is 0.341 e. The van der Waals surface area contributed by atoms with Crippen molar-refractivity contribution in [3.05, 3.63) is 41.3 Å². The van der Waals surface area contributed by atoms with Crippen molar-refractivity contribution in [2.24, 2.45) is 0 Å². The van der Waals surface area contributed by atoms with E-state index in [1.165, 1.54) is 12.4 Å². The van der Waals surface area contributed by atoms with Crippen LogP contribution in [0.2, 0.25) is 0 Å². The van der Waals surface area contributed by atoms with E-state index in [2.05, 4.69) is 36.2 Å². The van der Waals surface area contributed by atoms with Gasteiger partial charge < -0.3 is 24.6 Å². The first kappa shape index (κ1) is 24.7. The number of ether oxygens (including phenoxy) is 2. The Morgan fingerprint density at radius 2 is 1.86 bits per heavy atom. The molecule has 1 aliphatic heterocycles. The summed E-state index contributed by atoms with van der Waals surface area (Å²) in [4.78, 5) is 44.2. The van der Waals surface area contributed by atoms with Crippen LogP contribution in [0.1, 0.15) is 22.2 Å². The minimum atomic E-state index is -0.433. The highest BCUT2D eigenvalue weighted by Gasteiger charge is 2.21. The van der Waals surface area contributed by atoms with Gasteiger partial charge in [-0.2, -0.15) is 0 Å². The first-order valence-corrected chi connectivity index (χ1v) is 12.7. The fourth-order valence-electron chi connectivity index (χ4n) is 3.88. The molecule has 1 fully saturated rings. The van der Waals surface area contributed by atoms with Crippen molar-refractivity contribution in [1.82, 2.24) is 29.9 Å². The second kappa shape index (κ2) is 11.0. The van der Waals surface area contributed by atoms with Crippen LogP contribution in [0.15, 0.2) is 30.9 Å². The summed E-state index contributed by atoms with van der Waals surface area (Å²) in [6, 6.07) is 2.07. The summed E-state index contributed by atoms with van der Waals surface area (Å²) in [6.45, 7) is 5.46. The molecule has 0 aliphatic carbocycles. The number of morpholine rings is 1. The topological polar surface area (TPSA) is 131 Å². The largest absolute Gasteiger partial charge is 0.462 e. The fraction of sp³-hybridized carbons (Fsp3) is 0.375. The summed E-state index contributed by atoms with van der Waals surface area (Å²) >= 11 is 1.65. The van der Waals surface area contributed by atoms with Gasteiger partial charge in [0.1, 0.15) is 0 Å². The van der Waals surface area contributed by atoms with E-state index in [-0.39, 0.29) is 0 Å². The highest BCUT2D eigenvalue weighted by Crippen LogP contribution is 2.35. The van der Waals surface area contributed by atoms with E-state index in [1.807, 2.05) is 11.9 Å². The van der Waals surface area contributed by atoms with Gasteiger partial charge in [-0.15, -0.1) is 11.3 Å². The third-order valence-corrected chi connectivity index (χ3v) is 6.84. The number of esters is 1. The summed E-state index contributed by atoms with van der Waals surface area (Å²) in [5, 5.41) is 2.93. The molecule has 0 amide bonds. The van der Waals surface area contributed by atoms with Crippen molar-refractivity contribution < 1.29 is 14.3 Å². The van der Waals surface area contributed by atoms with Crippen LogP contribution in [0.5, 0.6) is 0 Å². The Bertz CT molecular complexity index is 1370. The Labute approximate surface area is 217 Å². The molecule has 13 heteroatoms. The zero-order valence-corrected chi connectivity index (χ0v) is 21.7. The first-order chi connectivity index (χ1) is 18.1. The van der Waals surface area contributed by atoms with Crippen molar-refractivity contribution in [1.29, 1.82) is 0 Å². The van der Waals surface area contributed by atoms with Gasteiger partial charge in [-0.25, -0.2) is 34.7 Å². The highest BCUT2D eigenvalue weighted by atomic mass is 32.1. The van der Waals surface area contributed by atoms with Crippen molar-refractivity contribution in [3.8, 4) is 11.4 Å². The van der Waals surface area contributed by atoms with Crippen LogP contribution in [0, 0.1) is 0 Å². The average Bonchev–Trinajstić information content (AvgIpc) is 3.35.